The maximum atomic E-state index is 3.51. The molecule has 0 saturated carbocycles. The molecule has 0 fully saturated rings. The normalized spacial score (nSPS) is 13.0. The van der Waals surface area contributed by atoms with Crippen molar-refractivity contribution in [1.29, 1.82) is 0 Å². The van der Waals surface area contributed by atoms with E-state index in [-0.39, 0.29) is 1.43 Å². The zero-order chi connectivity index (χ0) is 9.78. The van der Waals surface area contributed by atoms with Crippen LogP contribution >= 0.6 is 0 Å². The highest BCUT2D eigenvalue weighted by atomic mass is 14.9. The van der Waals surface area contributed by atoms with Gasteiger partial charge in [0.2, 0.25) is 0 Å². The first-order valence-corrected chi connectivity index (χ1v) is 5.07. The summed E-state index contributed by atoms with van der Waals surface area (Å²) >= 11 is 0. The summed E-state index contributed by atoms with van der Waals surface area (Å²) in [5.74, 6) is 1.50. The number of hydrogen-bond donors (Lipinski definition) is 1. The molecule has 1 nitrogen and oxygen atoms in total. The molecule has 0 radical (unpaired) electrons. The van der Waals surface area contributed by atoms with Gasteiger partial charge in [0.05, 0.1) is 0 Å². The summed E-state index contributed by atoms with van der Waals surface area (Å²) in [6, 6.07) is 0. The van der Waals surface area contributed by atoms with Crippen LogP contribution in [-0.4, -0.2) is 13.1 Å². The van der Waals surface area contributed by atoms with Crippen LogP contribution in [0.4, 0.5) is 0 Å². The molecule has 0 rings (SSSR count). The Morgan fingerprint density at radius 2 is 1.67 bits per heavy atom. The first kappa shape index (κ1) is 12.0. The summed E-state index contributed by atoms with van der Waals surface area (Å²) in [4.78, 5) is 0. The van der Waals surface area contributed by atoms with Crippen LogP contribution in [0.25, 0.3) is 0 Å². The average Bonchev–Trinajstić information content (AvgIpc) is 1.85. The topological polar surface area (TPSA) is 12.0 Å². The predicted octanol–water partition coefficient (Wildman–Crippen LogP) is 3.16. The summed E-state index contributed by atoms with van der Waals surface area (Å²) in [5.41, 5.74) is 0.425. The van der Waals surface area contributed by atoms with Crippen LogP contribution < -0.4 is 5.32 Å². The van der Waals surface area contributed by atoms with Gasteiger partial charge in [-0.15, -0.1) is 0 Å². The third-order valence-corrected chi connectivity index (χ3v) is 2.70. The Morgan fingerprint density at radius 1 is 1.17 bits per heavy atom. The molecule has 0 aliphatic heterocycles. The second-order valence-electron chi connectivity index (χ2n) is 5.17. The van der Waals surface area contributed by atoms with Gasteiger partial charge in [0.1, 0.15) is 0 Å². The van der Waals surface area contributed by atoms with E-state index in [4.69, 9.17) is 0 Å². The number of hydrogen-bond acceptors (Lipinski definition) is 1. The molecule has 1 N–H and O–H groups in total. The van der Waals surface area contributed by atoms with Crippen molar-refractivity contribution in [1.82, 2.24) is 5.32 Å². The first-order valence-electron chi connectivity index (χ1n) is 5.07. The minimum atomic E-state index is 0. The van der Waals surface area contributed by atoms with Gasteiger partial charge in [-0.05, 0) is 23.8 Å². The van der Waals surface area contributed by atoms with Crippen LogP contribution in [0.2, 0.25) is 0 Å². The van der Waals surface area contributed by atoms with Crippen LogP contribution in [0, 0.1) is 17.3 Å². The van der Waals surface area contributed by atoms with E-state index in [1.54, 1.807) is 0 Å². The predicted molar refractivity (Wildman–Crippen MR) is 58.4 cm³/mol. The molecule has 0 heterocycles. The molecule has 76 valence electrons. The SMILES string of the molecule is CC(C)CNCC(C)(C)C(C)C.[HH]. The molecule has 0 aromatic rings. The van der Waals surface area contributed by atoms with Crippen molar-refractivity contribution in [3.05, 3.63) is 0 Å². The van der Waals surface area contributed by atoms with E-state index < -0.39 is 0 Å². The molecule has 12 heavy (non-hydrogen) atoms. The summed E-state index contributed by atoms with van der Waals surface area (Å²) in [7, 11) is 0. The smallest absolute Gasteiger partial charge is 0.000508 e. The number of nitrogens with one attached hydrogen (secondary N) is 1. The summed E-state index contributed by atoms with van der Waals surface area (Å²) in [6.07, 6.45) is 0. The van der Waals surface area contributed by atoms with Gasteiger partial charge >= 0.3 is 0 Å². The molecular weight excluding hydrogens is 146 g/mol. The van der Waals surface area contributed by atoms with Crippen molar-refractivity contribution >= 4 is 0 Å². The summed E-state index contributed by atoms with van der Waals surface area (Å²) < 4.78 is 0. The Bertz CT molecular complexity index is 119. The van der Waals surface area contributed by atoms with E-state index in [9.17, 15) is 0 Å². The molecule has 0 aromatic heterocycles. The molecule has 0 amide bonds. The molecule has 0 unspecified atom stereocenters. The third-order valence-electron chi connectivity index (χ3n) is 2.70. The monoisotopic (exact) mass is 173 g/mol. The maximum absolute atomic E-state index is 3.51. The van der Waals surface area contributed by atoms with Crippen LogP contribution in [0.3, 0.4) is 0 Å². The van der Waals surface area contributed by atoms with Gasteiger partial charge in [-0.25, -0.2) is 0 Å². The fraction of sp³-hybridized carbons (Fsp3) is 1.00. The Balaban J connectivity index is 0. The van der Waals surface area contributed by atoms with Crippen molar-refractivity contribution in [2.24, 2.45) is 17.3 Å². The molecule has 0 bridgehead atoms. The van der Waals surface area contributed by atoms with Gasteiger partial charge in [-0.2, -0.15) is 0 Å². The minimum Gasteiger partial charge on any atom is -0.316 e. The van der Waals surface area contributed by atoms with E-state index >= 15 is 0 Å². The summed E-state index contributed by atoms with van der Waals surface area (Å²) in [5, 5.41) is 3.51. The van der Waals surface area contributed by atoms with Gasteiger partial charge < -0.3 is 5.32 Å². The summed E-state index contributed by atoms with van der Waals surface area (Å²) in [6.45, 7) is 16.0. The largest absolute Gasteiger partial charge is 0.316 e. The van der Waals surface area contributed by atoms with E-state index in [2.05, 4.69) is 46.9 Å². The quantitative estimate of drug-likeness (QED) is 0.673. The lowest BCUT2D eigenvalue weighted by atomic mass is 9.81. The zero-order valence-corrected chi connectivity index (χ0v) is 9.57. The van der Waals surface area contributed by atoms with Crippen LogP contribution in [0.15, 0.2) is 0 Å². The zero-order valence-electron chi connectivity index (χ0n) is 9.57. The van der Waals surface area contributed by atoms with Crippen molar-refractivity contribution in [2.45, 2.75) is 41.5 Å². The van der Waals surface area contributed by atoms with Crippen molar-refractivity contribution < 1.29 is 1.43 Å². The fourth-order valence-corrected chi connectivity index (χ4v) is 0.887. The van der Waals surface area contributed by atoms with Crippen LogP contribution in [0.1, 0.15) is 43.0 Å². The Kier molecular flexibility index (Phi) is 4.84. The van der Waals surface area contributed by atoms with E-state index in [0.29, 0.717) is 5.41 Å². The molecule has 0 aliphatic rings. The average molecular weight is 173 g/mol. The minimum absolute atomic E-state index is 0. The molecule has 0 aromatic carbocycles. The fourth-order valence-electron chi connectivity index (χ4n) is 0.887. The van der Waals surface area contributed by atoms with Gasteiger partial charge in [-0.3, -0.25) is 0 Å². The molecule has 0 aliphatic carbocycles. The Morgan fingerprint density at radius 3 is 2.00 bits per heavy atom. The standard InChI is InChI=1S/C11H25N.H2/c1-9(2)7-12-8-11(5,6)10(3)4;/h9-10,12H,7-8H2,1-6H3;1H. The second kappa shape index (κ2) is 4.86. The lowest BCUT2D eigenvalue weighted by Crippen LogP contribution is -2.35. The highest BCUT2D eigenvalue weighted by molar-refractivity contribution is 4.74. The lowest BCUT2D eigenvalue weighted by molar-refractivity contribution is 0.235. The highest BCUT2D eigenvalue weighted by Gasteiger charge is 2.21. The maximum Gasteiger partial charge on any atom is 0.000508 e. The molecule has 1 heteroatoms. The van der Waals surface area contributed by atoms with Gasteiger partial charge in [0.15, 0.2) is 0 Å². The van der Waals surface area contributed by atoms with Gasteiger partial charge in [-0.1, -0.05) is 41.5 Å². The van der Waals surface area contributed by atoms with Crippen molar-refractivity contribution in [3.8, 4) is 0 Å². The van der Waals surface area contributed by atoms with Gasteiger partial charge in [0, 0.05) is 7.97 Å². The van der Waals surface area contributed by atoms with Crippen molar-refractivity contribution in [3.63, 3.8) is 0 Å². The van der Waals surface area contributed by atoms with E-state index in [0.717, 1.165) is 24.9 Å². The Hall–Kier alpha value is -0.0400. The van der Waals surface area contributed by atoms with Crippen LogP contribution in [-0.2, 0) is 0 Å². The van der Waals surface area contributed by atoms with E-state index in [1.165, 1.54) is 0 Å². The molecule has 0 saturated heterocycles. The molecule has 0 atom stereocenters. The number of rotatable bonds is 5. The molecular formula is C11H27N. The second-order valence-corrected chi connectivity index (χ2v) is 5.17. The van der Waals surface area contributed by atoms with Crippen LogP contribution in [0.5, 0.6) is 0 Å². The van der Waals surface area contributed by atoms with Gasteiger partial charge in [0.25, 0.3) is 0 Å². The first-order chi connectivity index (χ1) is 5.36. The third kappa shape index (κ3) is 4.76. The highest BCUT2D eigenvalue weighted by Crippen LogP contribution is 2.24. The molecule has 0 spiro atoms. The Labute approximate surface area is 79.4 Å². The van der Waals surface area contributed by atoms with Crippen molar-refractivity contribution in [2.75, 3.05) is 13.1 Å². The van der Waals surface area contributed by atoms with E-state index in [1.807, 2.05) is 0 Å². The lowest BCUT2D eigenvalue weighted by Gasteiger charge is -2.29.